The Bertz CT molecular complexity index is 630. The summed E-state index contributed by atoms with van der Waals surface area (Å²) in [6, 6.07) is 13.8. The second-order valence-electron chi connectivity index (χ2n) is 5.14. The van der Waals surface area contributed by atoms with Gasteiger partial charge in [-0.1, -0.05) is 35.9 Å². The first-order valence-electron chi connectivity index (χ1n) is 7.11. The van der Waals surface area contributed by atoms with E-state index in [0.717, 1.165) is 30.1 Å². The lowest BCUT2D eigenvalue weighted by atomic mass is 9.94. The number of hydrogen-bond acceptors (Lipinski definition) is 3. The van der Waals surface area contributed by atoms with Gasteiger partial charge in [-0.15, -0.1) is 0 Å². The van der Waals surface area contributed by atoms with Crippen molar-refractivity contribution >= 4 is 11.6 Å². The summed E-state index contributed by atoms with van der Waals surface area (Å²) >= 11 is 6.15. The molecule has 0 fully saturated rings. The molecule has 1 aliphatic rings. The molecule has 3 rings (SSSR count). The topological polar surface area (TPSA) is 44.5 Å². The number of rotatable bonds is 4. The summed E-state index contributed by atoms with van der Waals surface area (Å²) in [6.45, 7) is 1.79. The first-order chi connectivity index (χ1) is 10.3. The van der Waals surface area contributed by atoms with Gasteiger partial charge in [-0.2, -0.15) is 0 Å². The number of halogens is 1. The van der Waals surface area contributed by atoms with E-state index in [1.807, 2.05) is 36.4 Å². The van der Waals surface area contributed by atoms with Crippen molar-refractivity contribution in [1.82, 2.24) is 0 Å². The second-order valence-corrected chi connectivity index (χ2v) is 5.55. The zero-order valence-electron chi connectivity index (χ0n) is 11.7. The van der Waals surface area contributed by atoms with Gasteiger partial charge in [0.2, 0.25) is 0 Å². The quantitative estimate of drug-likeness (QED) is 0.935. The van der Waals surface area contributed by atoms with Gasteiger partial charge < -0.3 is 15.2 Å². The molecule has 1 aliphatic heterocycles. The summed E-state index contributed by atoms with van der Waals surface area (Å²) in [5.41, 5.74) is 7.75. The molecule has 1 heterocycles. The van der Waals surface area contributed by atoms with Crippen LogP contribution in [0.25, 0.3) is 0 Å². The lowest BCUT2D eigenvalue weighted by Crippen LogP contribution is -2.19. The van der Waals surface area contributed by atoms with E-state index in [1.165, 1.54) is 5.56 Å². The van der Waals surface area contributed by atoms with Gasteiger partial charge in [0.1, 0.15) is 11.5 Å². The largest absolute Gasteiger partial charge is 0.493 e. The van der Waals surface area contributed by atoms with Crippen molar-refractivity contribution in [3.8, 4) is 11.5 Å². The Morgan fingerprint density at radius 1 is 1.24 bits per heavy atom. The molecule has 21 heavy (non-hydrogen) atoms. The average molecular weight is 304 g/mol. The number of benzene rings is 2. The molecule has 0 aromatic heterocycles. The highest BCUT2D eigenvalue weighted by Crippen LogP contribution is 2.34. The Labute approximate surface area is 129 Å². The Kier molecular flexibility index (Phi) is 4.32. The van der Waals surface area contributed by atoms with E-state index in [4.69, 9.17) is 26.8 Å². The highest BCUT2D eigenvalue weighted by Gasteiger charge is 2.21. The summed E-state index contributed by atoms with van der Waals surface area (Å²) in [7, 11) is 0. The minimum atomic E-state index is 0.350. The smallest absolute Gasteiger partial charge is 0.122 e. The molecule has 0 spiro atoms. The summed E-state index contributed by atoms with van der Waals surface area (Å²) in [5, 5.41) is 0.655. The minimum absolute atomic E-state index is 0.350. The third kappa shape index (κ3) is 3.14. The van der Waals surface area contributed by atoms with Gasteiger partial charge in [-0.25, -0.2) is 0 Å². The molecule has 0 bridgehead atoms. The van der Waals surface area contributed by atoms with E-state index >= 15 is 0 Å². The number of ether oxygens (including phenoxy) is 2. The van der Waals surface area contributed by atoms with Crippen molar-refractivity contribution in [2.45, 2.75) is 18.9 Å². The summed E-state index contributed by atoms with van der Waals surface area (Å²) in [6.07, 6.45) is 0.964. The molecule has 110 valence electrons. The fraction of sp³-hybridized carbons (Fsp3) is 0.294. The molecular weight excluding hydrogens is 286 g/mol. The van der Waals surface area contributed by atoms with Crippen LogP contribution in [0.5, 0.6) is 11.5 Å². The third-order valence-electron chi connectivity index (χ3n) is 3.78. The van der Waals surface area contributed by atoms with Crippen molar-refractivity contribution in [2.24, 2.45) is 5.73 Å². The van der Waals surface area contributed by atoms with E-state index < -0.39 is 0 Å². The van der Waals surface area contributed by atoms with E-state index in [9.17, 15) is 0 Å². The van der Waals surface area contributed by atoms with Gasteiger partial charge in [0.25, 0.3) is 0 Å². The van der Waals surface area contributed by atoms with Crippen LogP contribution in [0.15, 0.2) is 42.5 Å². The number of fused-ring (bicyclic) bond motifs is 1. The summed E-state index contributed by atoms with van der Waals surface area (Å²) < 4.78 is 11.6. The van der Waals surface area contributed by atoms with E-state index in [2.05, 4.69) is 6.07 Å². The highest BCUT2D eigenvalue weighted by molar-refractivity contribution is 6.31. The second kappa shape index (κ2) is 6.37. The van der Waals surface area contributed by atoms with E-state index in [0.29, 0.717) is 24.1 Å². The molecule has 0 saturated heterocycles. The monoisotopic (exact) mass is 303 g/mol. The van der Waals surface area contributed by atoms with Gasteiger partial charge in [0.05, 0.1) is 13.2 Å². The van der Waals surface area contributed by atoms with Gasteiger partial charge >= 0.3 is 0 Å². The minimum Gasteiger partial charge on any atom is -0.493 e. The lowest BCUT2D eigenvalue weighted by Gasteiger charge is -2.25. The van der Waals surface area contributed by atoms with Crippen molar-refractivity contribution in [3.63, 3.8) is 0 Å². The lowest BCUT2D eigenvalue weighted by molar-refractivity contribution is 0.217. The Balaban J connectivity index is 1.70. The zero-order chi connectivity index (χ0) is 14.7. The maximum absolute atomic E-state index is 6.15. The maximum atomic E-state index is 6.15. The predicted molar refractivity (Wildman–Crippen MR) is 84.1 cm³/mol. The predicted octanol–water partition coefficient (Wildman–Crippen LogP) is 3.74. The molecule has 2 aromatic rings. The molecule has 1 atom stereocenters. The Hall–Kier alpha value is -1.71. The van der Waals surface area contributed by atoms with Crippen LogP contribution in [0, 0.1) is 0 Å². The summed E-state index contributed by atoms with van der Waals surface area (Å²) in [5.74, 6) is 2.10. The molecule has 2 aromatic carbocycles. The fourth-order valence-corrected chi connectivity index (χ4v) is 2.82. The molecule has 0 amide bonds. The molecule has 0 aliphatic carbocycles. The van der Waals surface area contributed by atoms with Crippen LogP contribution in [0.3, 0.4) is 0 Å². The number of para-hydroxylation sites is 1. The SMILES string of the molecule is NCc1ccc(OCC2CCOc3ccccc32)cc1Cl. The fourth-order valence-electron chi connectivity index (χ4n) is 2.57. The average Bonchev–Trinajstić information content (AvgIpc) is 2.53. The van der Waals surface area contributed by atoms with Crippen LogP contribution >= 0.6 is 11.6 Å². The van der Waals surface area contributed by atoms with Crippen molar-refractivity contribution in [2.75, 3.05) is 13.2 Å². The molecule has 4 heteroatoms. The van der Waals surface area contributed by atoms with Crippen LogP contribution in [0.2, 0.25) is 5.02 Å². The highest BCUT2D eigenvalue weighted by atomic mass is 35.5. The van der Waals surface area contributed by atoms with Gasteiger partial charge in [0.15, 0.2) is 0 Å². The van der Waals surface area contributed by atoms with Crippen LogP contribution in [0.1, 0.15) is 23.5 Å². The molecule has 0 radical (unpaired) electrons. The number of hydrogen-bond donors (Lipinski definition) is 1. The first-order valence-corrected chi connectivity index (χ1v) is 7.48. The normalized spacial score (nSPS) is 17.0. The van der Waals surface area contributed by atoms with Crippen LogP contribution in [0.4, 0.5) is 0 Å². The van der Waals surface area contributed by atoms with Crippen LogP contribution in [-0.4, -0.2) is 13.2 Å². The molecule has 0 saturated carbocycles. The van der Waals surface area contributed by atoms with Crippen LogP contribution in [-0.2, 0) is 6.54 Å². The molecule has 1 unspecified atom stereocenters. The molecule has 3 nitrogen and oxygen atoms in total. The number of nitrogens with two attached hydrogens (primary N) is 1. The summed E-state index contributed by atoms with van der Waals surface area (Å²) in [4.78, 5) is 0. The molecular formula is C17H18ClNO2. The van der Waals surface area contributed by atoms with E-state index in [1.54, 1.807) is 0 Å². The van der Waals surface area contributed by atoms with Crippen molar-refractivity contribution in [3.05, 3.63) is 58.6 Å². The first kappa shape index (κ1) is 14.2. The van der Waals surface area contributed by atoms with E-state index in [-0.39, 0.29) is 0 Å². The Morgan fingerprint density at radius 3 is 2.90 bits per heavy atom. The van der Waals surface area contributed by atoms with Gasteiger partial charge in [-0.3, -0.25) is 0 Å². The van der Waals surface area contributed by atoms with Gasteiger partial charge in [-0.05, 0) is 30.2 Å². The standard InChI is InChI=1S/C17H18ClNO2/c18-16-9-14(6-5-12(16)10-19)21-11-13-7-8-20-17-4-2-1-3-15(13)17/h1-6,9,13H,7-8,10-11,19H2. The van der Waals surface area contributed by atoms with Gasteiger partial charge in [0, 0.05) is 23.0 Å². The van der Waals surface area contributed by atoms with Crippen molar-refractivity contribution < 1.29 is 9.47 Å². The maximum Gasteiger partial charge on any atom is 0.122 e. The third-order valence-corrected chi connectivity index (χ3v) is 4.13. The van der Waals surface area contributed by atoms with Crippen molar-refractivity contribution in [1.29, 1.82) is 0 Å². The zero-order valence-corrected chi connectivity index (χ0v) is 12.5. The molecule has 2 N–H and O–H groups in total. The van der Waals surface area contributed by atoms with Crippen LogP contribution < -0.4 is 15.2 Å². The Morgan fingerprint density at radius 2 is 2.10 bits per heavy atom.